The fourth-order valence-electron chi connectivity index (χ4n) is 3.45. The number of anilines is 2. The third-order valence-electron chi connectivity index (χ3n) is 4.75. The Morgan fingerprint density at radius 3 is 1.88 bits per heavy atom. The van der Waals surface area contributed by atoms with Crippen molar-refractivity contribution in [3.63, 3.8) is 0 Å². The second-order valence-electron chi connectivity index (χ2n) is 6.50. The Kier molecular flexibility index (Phi) is 4.81. The Morgan fingerprint density at radius 2 is 1.31 bits per heavy atom. The third kappa shape index (κ3) is 3.27. The van der Waals surface area contributed by atoms with E-state index in [0.29, 0.717) is 0 Å². The van der Waals surface area contributed by atoms with E-state index in [1.165, 1.54) is 11.1 Å². The van der Waals surface area contributed by atoms with Gasteiger partial charge in [0, 0.05) is 4.90 Å². The number of thioether (sulfide) groups is 1. The molecule has 0 fully saturated rings. The number of fused-ring (bicyclic) bond motifs is 2. The number of amides is 1. The van der Waals surface area contributed by atoms with Gasteiger partial charge in [0.1, 0.15) is 0 Å². The Bertz CT molecular complexity index is 875. The first kappa shape index (κ1) is 16.9. The van der Waals surface area contributed by atoms with Gasteiger partial charge in [0.15, 0.2) is 0 Å². The molecular formula is C23H21NOS. The first-order valence-electron chi connectivity index (χ1n) is 8.95. The zero-order valence-electron chi connectivity index (χ0n) is 14.8. The number of benzene rings is 3. The van der Waals surface area contributed by atoms with E-state index in [1.54, 1.807) is 11.8 Å². The number of rotatable bonds is 3. The molecule has 0 spiro atoms. The second-order valence-corrected chi connectivity index (χ2v) is 7.92. The van der Waals surface area contributed by atoms with Crippen LogP contribution in [0.4, 0.5) is 11.4 Å². The molecule has 2 nitrogen and oxygen atoms in total. The van der Waals surface area contributed by atoms with E-state index in [1.807, 2.05) is 42.2 Å². The molecule has 3 aromatic rings. The first-order chi connectivity index (χ1) is 12.7. The molecule has 1 unspecified atom stereocenters. The van der Waals surface area contributed by atoms with Gasteiger partial charge in [0.05, 0.1) is 16.6 Å². The van der Waals surface area contributed by atoms with Crippen LogP contribution in [-0.4, -0.2) is 11.2 Å². The number of aryl methyl sites for hydroxylation is 2. The van der Waals surface area contributed by atoms with Gasteiger partial charge < -0.3 is 0 Å². The van der Waals surface area contributed by atoms with E-state index < -0.39 is 0 Å². The Balaban J connectivity index is 1.73. The van der Waals surface area contributed by atoms with Crippen LogP contribution in [0, 0.1) is 0 Å². The van der Waals surface area contributed by atoms with Gasteiger partial charge in [-0.3, -0.25) is 9.69 Å². The summed E-state index contributed by atoms with van der Waals surface area (Å²) in [4.78, 5) is 16.5. The highest BCUT2D eigenvalue weighted by molar-refractivity contribution is 8.00. The third-order valence-corrected chi connectivity index (χ3v) is 5.85. The highest BCUT2D eigenvalue weighted by Gasteiger charge is 2.29. The maximum atomic E-state index is 13.5. The van der Waals surface area contributed by atoms with Crippen molar-refractivity contribution in [2.75, 3.05) is 4.90 Å². The van der Waals surface area contributed by atoms with Crippen molar-refractivity contribution < 1.29 is 4.79 Å². The molecule has 1 atom stereocenters. The fourth-order valence-corrected chi connectivity index (χ4v) is 4.38. The molecule has 3 aromatic carbocycles. The van der Waals surface area contributed by atoms with Crippen LogP contribution in [-0.2, 0) is 17.6 Å². The van der Waals surface area contributed by atoms with Crippen LogP contribution >= 0.6 is 11.8 Å². The molecule has 0 N–H and O–H groups in total. The van der Waals surface area contributed by atoms with E-state index >= 15 is 0 Å². The number of carbonyl (C=O) groups is 1. The monoisotopic (exact) mass is 359 g/mol. The Labute approximate surface area is 158 Å². The molecule has 1 amide bonds. The summed E-state index contributed by atoms with van der Waals surface area (Å²) >= 11 is 1.61. The molecule has 1 heterocycles. The smallest absolute Gasteiger partial charge is 0.244 e. The van der Waals surface area contributed by atoms with Crippen LogP contribution in [0.2, 0.25) is 0 Å². The second kappa shape index (κ2) is 7.38. The molecule has 130 valence electrons. The molecule has 3 heteroatoms. The van der Waals surface area contributed by atoms with E-state index in [9.17, 15) is 4.79 Å². The van der Waals surface area contributed by atoms with Crippen molar-refractivity contribution >= 4 is 29.0 Å². The van der Waals surface area contributed by atoms with Crippen molar-refractivity contribution in [3.05, 3.63) is 90.0 Å². The quantitative estimate of drug-likeness (QED) is 0.565. The van der Waals surface area contributed by atoms with Gasteiger partial charge in [-0.15, -0.1) is 11.8 Å². The number of hydrogen-bond acceptors (Lipinski definition) is 2. The van der Waals surface area contributed by atoms with Gasteiger partial charge in [-0.2, -0.15) is 0 Å². The van der Waals surface area contributed by atoms with Crippen molar-refractivity contribution in [3.8, 4) is 0 Å². The molecule has 0 radical (unpaired) electrons. The maximum absolute atomic E-state index is 13.5. The highest BCUT2D eigenvalue weighted by Crippen LogP contribution is 2.38. The van der Waals surface area contributed by atoms with Crippen LogP contribution in [0.5, 0.6) is 0 Å². The SMILES string of the molecule is CC(Sc1ccccc1)C(=O)N1c2ccccc2CCc2ccccc21. The highest BCUT2D eigenvalue weighted by atomic mass is 32.2. The lowest BCUT2D eigenvalue weighted by molar-refractivity contribution is -0.117. The Hall–Kier alpha value is -2.52. The molecule has 1 aliphatic rings. The largest absolute Gasteiger partial charge is 0.280 e. The van der Waals surface area contributed by atoms with Crippen LogP contribution in [0.3, 0.4) is 0 Å². The number of hydrogen-bond donors (Lipinski definition) is 0. The predicted octanol–water partition coefficient (Wildman–Crippen LogP) is 5.63. The van der Waals surface area contributed by atoms with Crippen molar-refractivity contribution in [2.24, 2.45) is 0 Å². The van der Waals surface area contributed by atoms with Crippen molar-refractivity contribution in [2.45, 2.75) is 29.9 Å². The average molecular weight is 359 g/mol. The van der Waals surface area contributed by atoms with Gasteiger partial charge in [-0.05, 0) is 55.2 Å². The lowest BCUT2D eigenvalue weighted by atomic mass is 10.0. The van der Waals surface area contributed by atoms with Gasteiger partial charge in [0.2, 0.25) is 5.91 Å². The minimum absolute atomic E-state index is 0.126. The summed E-state index contributed by atoms with van der Waals surface area (Å²) in [7, 11) is 0. The average Bonchev–Trinajstić information content (AvgIpc) is 2.85. The molecule has 0 aliphatic carbocycles. The minimum atomic E-state index is -0.170. The summed E-state index contributed by atoms with van der Waals surface area (Å²) in [5.74, 6) is 0.126. The zero-order valence-corrected chi connectivity index (χ0v) is 15.6. The van der Waals surface area contributed by atoms with Gasteiger partial charge in [-0.1, -0.05) is 54.6 Å². The number of carbonyl (C=O) groups excluding carboxylic acids is 1. The molecule has 0 bridgehead atoms. The molecule has 26 heavy (non-hydrogen) atoms. The van der Waals surface area contributed by atoms with E-state index in [2.05, 4.69) is 48.5 Å². The maximum Gasteiger partial charge on any atom is 0.244 e. The normalized spacial score (nSPS) is 14.1. The molecule has 1 aliphatic heterocycles. The standard InChI is InChI=1S/C23H21NOS/c1-17(26-20-11-3-2-4-12-20)23(25)24-21-13-7-5-9-18(21)15-16-19-10-6-8-14-22(19)24/h2-14,17H,15-16H2,1H3. The predicted molar refractivity (Wildman–Crippen MR) is 109 cm³/mol. The summed E-state index contributed by atoms with van der Waals surface area (Å²) in [5, 5.41) is -0.170. The van der Waals surface area contributed by atoms with Crippen LogP contribution in [0.15, 0.2) is 83.8 Å². The lowest BCUT2D eigenvalue weighted by Crippen LogP contribution is -2.33. The van der Waals surface area contributed by atoms with Crippen LogP contribution in [0.1, 0.15) is 18.1 Å². The first-order valence-corrected chi connectivity index (χ1v) is 9.83. The topological polar surface area (TPSA) is 20.3 Å². The van der Waals surface area contributed by atoms with E-state index in [4.69, 9.17) is 0 Å². The number of para-hydroxylation sites is 2. The summed E-state index contributed by atoms with van der Waals surface area (Å²) in [5.41, 5.74) is 4.49. The molecule has 0 saturated heterocycles. The lowest BCUT2D eigenvalue weighted by Gasteiger charge is -2.27. The van der Waals surface area contributed by atoms with Crippen molar-refractivity contribution in [1.29, 1.82) is 0 Å². The van der Waals surface area contributed by atoms with Gasteiger partial charge in [-0.25, -0.2) is 0 Å². The molecule has 0 aromatic heterocycles. The molecule has 0 saturated carbocycles. The molecule has 4 rings (SSSR count). The van der Waals surface area contributed by atoms with E-state index in [0.717, 1.165) is 29.1 Å². The Morgan fingerprint density at radius 1 is 0.808 bits per heavy atom. The zero-order chi connectivity index (χ0) is 17.9. The fraction of sp³-hybridized carbons (Fsp3) is 0.174. The van der Waals surface area contributed by atoms with Gasteiger partial charge in [0.25, 0.3) is 0 Å². The number of nitrogens with zero attached hydrogens (tertiary/aromatic N) is 1. The summed E-state index contributed by atoms with van der Waals surface area (Å²) < 4.78 is 0. The van der Waals surface area contributed by atoms with Crippen molar-refractivity contribution in [1.82, 2.24) is 0 Å². The summed E-state index contributed by atoms with van der Waals surface area (Å²) in [6, 6.07) is 26.7. The summed E-state index contributed by atoms with van der Waals surface area (Å²) in [6.07, 6.45) is 1.91. The summed E-state index contributed by atoms with van der Waals surface area (Å²) in [6.45, 7) is 2.00. The molecular weight excluding hydrogens is 338 g/mol. The minimum Gasteiger partial charge on any atom is -0.280 e. The van der Waals surface area contributed by atoms with E-state index in [-0.39, 0.29) is 11.2 Å². The van der Waals surface area contributed by atoms with Gasteiger partial charge >= 0.3 is 0 Å². The van der Waals surface area contributed by atoms with Crippen LogP contribution < -0.4 is 4.90 Å². The van der Waals surface area contributed by atoms with Crippen LogP contribution in [0.25, 0.3) is 0 Å².